The number of nitrogens with one attached hydrogen (secondary N) is 1. The Morgan fingerprint density at radius 2 is 1.81 bits per heavy atom. The highest BCUT2D eigenvalue weighted by Crippen LogP contribution is 2.46. The summed E-state index contributed by atoms with van der Waals surface area (Å²) in [5.41, 5.74) is 4.02. The minimum Gasteiger partial charge on any atom is -0.497 e. The molecule has 3 atom stereocenters. The fraction of sp³-hybridized carbons (Fsp3) is 0.346. The number of hydrogen-bond acceptors (Lipinski definition) is 6. The normalized spacial score (nSPS) is 22.5. The standard InChI is InChI=1S/C26H28N2O4/c1-4-13-32-26(30)23-16(2)28-21-14-19(17-5-7-20(31-3)8-6-17)15-22(29)25(21)24(23)18-9-11-27-12-10-18/h5-12,14,19,24-25,28H,4,13,15H2,1-3H3. The minimum atomic E-state index is -0.459. The van der Waals surface area contributed by atoms with Crippen LogP contribution in [0.1, 0.15) is 49.7 Å². The molecule has 6 heteroatoms. The average Bonchev–Trinajstić information content (AvgIpc) is 2.82. The Labute approximate surface area is 188 Å². The number of ketones is 1. The summed E-state index contributed by atoms with van der Waals surface area (Å²) in [4.78, 5) is 30.6. The Morgan fingerprint density at radius 3 is 2.47 bits per heavy atom. The van der Waals surface area contributed by atoms with Gasteiger partial charge in [-0.05, 0) is 48.7 Å². The quantitative estimate of drug-likeness (QED) is 0.688. The van der Waals surface area contributed by atoms with E-state index in [9.17, 15) is 9.59 Å². The molecule has 0 saturated carbocycles. The smallest absolute Gasteiger partial charge is 0.336 e. The van der Waals surface area contributed by atoms with E-state index in [0.29, 0.717) is 18.6 Å². The predicted octanol–water partition coefficient (Wildman–Crippen LogP) is 4.26. The molecule has 0 bridgehead atoms. The van der Waals surface area contributed by atoms with Crippen molar-refractivity contribution in [1.82, 2.24) is 10.3 Å². The van der Waals surface area contributed by atoms with Gasteiger partial charge in [0, 0.05) is 42.0 Å². The Bertz CT molecular complexity index is 1060. The number of methoxy groups -OCH3 is 1. The van der Waals surface area contributed by atoms with Crippen LogP contribution in [0.3, 0.4) is 0 Å². The van der Waals surface area contributed by atoms with Crippen LogP contribution in [-0.4, -0.2) is 30.5 Å². The SMILES string of the molecule is CCCOC(=O)C1=C(C)NC2=CC(c3ccc(OC)cc3)CC(=O)C2C1c1ccncc1. The topological polar surface area (TPSA) is 77.5 Å². The monoisotopic (exact) mass is 432 g/mol. The van der Waals surface area contributed by atoms with E-state index < -0.39 is 11.8 Å². The predicted molar refractivity (Wildman–Crippen MR) is 121 cm³/mol. The van der Waals surface area contributed by atoms with Crippen LogP contribution >= 0.6 is 0 Å². The van der Waals surface area contributed by atoms with Crippen LogP contribution < -0.4 is 10.1 Å². The third-order valence-corrected chi connectivity index (χ3v) is 6.13. The first kappa shape index (κ1) is 21.8. The fourth-order valence-corrected chi connectivity index (χ4v) is 4.61. The number of rotatable bonds is 6. The van der Waals surface area contributed by atoms with Gasteiger partial charge in [0.15, 0.2) is 0 Å². The maximum atomic E-state index is 13.5. The maximum absolute atomic E-state index is 13.5. The summed E-state index contributed by atoms with van der Waals surface area (Å²) in [6.45, 7) is 4.17. The third-order valence-electron chi connectivity index (χ3n) is 6.13. The molecule has 0 spiro atoms. The maximum Gasteiger partial charge on any atom is 0.336 e. The molecular weight excluding hydrogens is 404 g/mol. The lowest BCUT2D eigenvalue weighted by Crippen LogP contribution is -2.42. The van der Waals surface area contributed by atoms with Crippen molar-refractivity contribution in [3.05, 3.63) is 83.0 Å². The van der Waals surface area contributed by atoms with Crippen LogP contribution in [0, 0.1) is 5.92 Å². The van der Waals surface area contributed by atoms with Gasteiger partial charge in [0.05, 0.1) is 25.2 Å². The first-order valence-electron chi connectivity index (χ1n) is 11.0. The van der Waals surface area contributed by atoms with Crippen molar-refractivity contribution in [2.75, 3.05) is 13.7 Å². The van der Waals surface area contributed by atoms with Gasteiger partial charge in [-0.2, -0.15) is 0 Å². The Balaban J connectivity index is 1.76. The fourth-order valence-electron chi connectivity index (χ4n) is 4.61. The molecule has 4 rings (SSSR count). The molecular formula is C26H28N2O4. The average molecular weight is 433 g/mol. The van der Waals surface area contributed by atoms with E-state index in [1.807, 2.05) is 50.2 Å². The Morgan fingerprint density at radius 1 is 1.09 bits per heavy atom. The van der Waals surface area contributed by atoms with Crippen LogP contribution in [0.5, 0.6) is 5.75 Å². The number of aromatic nitrogens is 1. The second-order valence-corrected chi connectivity index (χ2v) is 8.21. The van der Waals surface area contributed by atoms with E-state index in [1.165, 1.54) is 0 Å². The van der Waals surface area contributed by atoms with Gasteiger partial charge >= 0.3 is 5.97 Å². The van der Waals surface area contributed by atoms with Crippen molar-refractivity contribution in [3.8, 4) is 5.75 Å². The van der Waals surface area contributed by atoms with Crippen LogP contribution in [-0.2, 0) is 14.3 Å². The molecule has 0 amide bonds. The number of benzene rings is 1. The highest BCUT2D eigenvalue weighted by Gasteiger charge is 2.44. The van der Waals surface area contributed by atoms with Crippen molar-refractivity contribution < 1.29 is 19.1 Å². The zero-order valence-corrected chi connectivity index (χ0v) is 18.6. The summed E-state index contributed by atoms with van der Waals surface area (Å²) in [6, 6.07) is 11.5. The first-order chi connectivity index (χ1) is 15.5. The number of esters is 1. The molecule has 1 aliphatic carbocycles. The van der Waals surface area contributed by atoms with Crippen molar-refractivity contribution in [2.45, 2.75) is 38.5 Å². The van der Waals surface area contributed by atoms with Crippen molar-refractivity contribution in [2.24, 2.45) is 5.92 Å². The van der Waals surface area contributed by atoms with Gasteiger partial charge in [-0.15, -0.1) is 0 Å². The minimum absolute atomic E-state index is 0.0355. The van der Waals surface area contributed by atoms with E-state index >= 15 is 0 Å². The molecule has 2 aliphatic rings. The van der Waals surface area contributed by atoms with Gasteiger partial charge < -0.3 is 14.8 Å². The summed E-state index contributed by atoms with van der Waals surface area (Å²) in [6.07, 6.45) is 6.62. The zero-order valence-electron chi connectivity index (χ0n) is 18.6. The molecule has 1 aliphatic heterocycles. The largest absolute Gasteiger partial charge is 0.497 e. The molecule has 2 aromatic rings. The molecule has 2 heterocycles. The molecule has 1 aromatic heterocycles. The Kier molecular flexibility index (Phi) is 6.40. The summed E-state index contributed by atoms with van der Waals surface area (Å²) in [7, 11) is 1.63. The van der Waals surface area contributed by atoms with E-state index in [-0.39, 0.29) is 17.7 Å². The van der Waals surface area contributed by atoms with Gasteiger partial charge in [0.2, 0.25) is 0 Å². The third kappa shape index (κ3) is 4.17. The van der Waals surface area contributed by atoms with E-state index in [1.54, 1.807) is 19.5 Å². The number of hydrogen-bond donors (Lipinski definition) is 1. The first-order valence-corrected chi connectivity index (χ1v) is 11.0. The molecule has 3 unspecified atom stereocenters. The van der Waals surface area contributed by atoms with Crippen LogP contribution in [0.4, 0.5) is 0 Å². The highest BCUT2D eigenvalue weighted by molar-refractivity contribution is 5.96. The van der Waals surface area contributed by atoms with Crippen LogP contribution in [0.25, 0.3) is 0 Å². The van der Waals surface area contributed by atoms with E-state index in [4.69, 9.17) is 9.47 Å². The van der Waals surface area contributed by atoms with Gasteiger partial charge in [-0.1, -0.05) is 25.1 Å². The number of Topliss-reactive ketones (excluding diaryl/α,β-unsaturated/α-hetero) is 1. The van der Waals surface area contributed by atoms with Gasteiger partial charge in [-0.25, -0.2) is 4.79 Å². The molecule has 0 saturated heterocycles. The zero-order chi connectivity index (χ0) is 22.7. The molecule has 166 valence electrons. The van der Waals surface area contributed by atoms with Crippen molar-refractivity contribution in [1.29, 1.82) is 0 Å². The lowest BCUT2D eigenvalue weighted by molar-refractivity contribution is -0.139. The Hall–Kier alpha value is -3.41. The summed E-state index contributed by atoms with van der Waals surface area (Å²) in [5, 5.41) is 3.36. The summed E-state index contributed by atoms with van der Waals surface area (Å²) in [5.74, 6) is -0.386. The molecule has 0 radical (unpaired) electrons. The van der Waals surface area contributed by atoms with E-state index in [2.05, 4.69) is 16.4 Å². The lowest BCUT2D eigenvalue weighted by atomic mass is 9.69. The molecule has 32 heavy (non-hydrogen) atoms. The summed E-state index contributed by atoms with van der Waals surface area (Å²) >= 11 is 0. The molecule has 1 aromatic carbocycles. The number of nitrogens with zero attached hydrogens (tertiary/aromatic N) is 1. The number of carbonyl (C=O) groups excluding carboxylic acids is 2. The van der Waals surface area contributed by atoms with Gasteiger partial charge in [0.25, 0.3) is 0 Å². The summed E-state index contributed by atoms with van der Waals surface area (Å²) < 4.78 is 10.7. The van der Waals surface area contributed by atoms with Crippen LogP contribution in [0.2, 0.25) is 0 Å². The van der Waals surface area contributed by atoms with E-state index in [0.717, 1.165) is 34.7 Å². The van der Waals surface area contributed by atoms with Crippen molar-refractivity contribution >= 4 is 11.8 Å². The number of allylic oxidation sites excluding steroid dienone is 3. The van der Waals surface area contributed by atoms with Gasteiger partial charge in [0.1, 0.15) is 11.5 Å². The highest BCUT2D eigenvalue weighted by atomic mass is 16.5. The second-order valence-electron chi connectivity index (χ2n) is 8.21. The molecule has 1 N–H and O–H groups in total. The number of fused-ring (bicyclic) bond motifs is 1. The number of pyridine rings is 1. The molecule has 0 fully saturated rings. The lowest BCUT2D eigenvalue weighted by Gasteiger charge is -2.39. The number of ether oxygens (including phenoxy) is 2. The van der Waals surface area contributed by atoms with Crippen molar-refractivity contribution in [3.63, 3.8) is 0 Å². The second kappa shape index (κ2) is 9.39. The van der Waals surface area contributed by atoms with Crippen LogP contribution in [0.15, 0.2) is 71.8 Å². The molecule has 6 nitrogen and oxygen atoms in total. The number of carbonyl (C=O) groups is 2. The van der Waals surface area contributed by atoms with Gasteiger partial charge in [-0.3, -0.25) is 9.78 Å².